The summed E-state index contributed by atoms with van der Waals surface area (Å²) < 4.78 is 18.8. The molecule has 0 atom stereocenters. The molecular weight excluding hydrogens is 267 g/mol. The first kappa shape index (κ1) is 11.9. The summed E-state index contributed by atoms with van der Waals surface area (Å²) in [6.45, 7) is 0. The number of halogens is 2. The van der Waals surface area contributed by atoms with Crippen molar-refractivity contribution in [3.63, 3.8) is 0 Å². The molecular formula is C15H8ClFO2. The largest absolute Gasteiger partial charge is 0.456 e. The first-order valence-electron chi connectivity index (χ1n) is 5.61. The highest BCUT2D eigenvalue weighted by molar-refractivity contribution is 6.31. The second kappa shape index (κ2) is 4.52. The predicted molar refractivity (Wildman–Crippen MR) is 72.0 cm³/mol. The topological polar surface area (TPSA) is 30.2 Å². The van der Waals surface area contributed by atoms with Crippen LogP contribution in [-0.4, -0.2) is 6.29 Å². The molecule has 0 amide bonds. The fourth-order valence-corrected chi connectivity index (χ4v) is 2.16. The highest BCUT2D eigenvalue weighted by Crippen LogP contribution is 2.31. The van der Waals surface area contributed by atoms with Crippen LogP contribution in [0.2, 0.25) is 5.02 Å². The molecule has 3 rings (SSSR count). The molecule has 4 heteroatoms. The molecule has 94 valence electrons. The first-order chi connectivity index (χ1) is 9.17. The predicted octanol–water partition coefficient (Wildman–Crippen LogP) is 4.70. The maximum absolute atomic E-state index is 13.1. The fraction of sp³-hybridized carbons (Fsp3) is 0. The number of carbonyl (C=O) groups is 1. The highest BCUT2D eigenvalue weighted by Gasteiger charge is 2.11. The molecule has 0 spiro atoms. The van der Waals surface area contributed by atoms with Crippen LogP contribution >= 0.6 is 11.6 Å². The van der Waals surface area contributed by atoms with E-state index < -0.39 is 0 Å². The van der Waals surface area contributed by atoms with E-state index in [9.17, 15) is 9.18 Å². The molecule has 3 aromatic rings. The van der Waals surface area contributed by atoms with Gasteiger partial charge in [0, 0.05) is 21.5 Å². The summed E-state index contributed by atoms with van der Waals surface area (Å²) in [4.78, 5) is 11.0. The molecule has 19 heavy (non-hydrogen) atoms. The van der Waals surface area contributed by atoms with Gasteiger partial charge in [0.05, 0.1) is 0 Å². The Hall–Kier alpha value is -2.13. The van der Waals surface area contributed by atoms with Gasteiger partial charge in [0.15, 0.2) is 6.29 Å². The summed E-state index contributed by atoms with van der Waals surface area (Å²) in [6, 6.07) is 10.9. The van der Waals surface area contributed by atoms with Gasteiger partial charge in [-0.05, 0) is 42.5 Å². The molecule has 2 nitrogen and oxygen atoms in total. The van der Waals surface area contributed by atoms with Crippen molar-refractivity contribution in [2.24, 2.45) is 0 Å². The number of furan rings is 1. The van der Waals surface area contributed by atoms with Crippen molar-refractivity contribution in [3.05, 3.63) is 58.9 Å². The maximum Gasteiger partial charge on any atom is 0.150 e. The molecule has 0 aliphatic heterocycles. The second-order valence-electron chi connectivity index (χ2n) is 4.14. The average Bonchev–Trinajstić information content (AvgIpc) is 2.81. The van der Waals surface area contributed by atoms with Crippen molar-refractivity contribution in [2.45, 2.75) is 0 Å². The Balaban J connectivity index is 2.24. The normalized spacial score (nSPS) is 10.8. The number of hydrogen-bond acceptors (Lipinski definition) is 2. The van der Waals surface area contributed by atoms with E-state index >= 15 is 0 Å². The number of hydrogen-bond donors (Lipinski definition) is 0. The molecule has 1 heterocycles. The standard InChI is InChI=1S/C15H8ClFO2/c16-11-2-1-9(8-18)13(7-11)15-6-10-5-12(17)3-4-14(10)19-15/h1-8H. The van der Waals surface area contributed by atoms with Crippen molar-refractivity contribution in [2.75, 3.05) is 0 Å². The monoisotopic (exact) mass is 274 g/mol. The molecule has 0 aliphatic rings. The first-order valence-corrected chi connectivity index (χ1v) is 5.99. The third-order valence-electron chi connectivity index (χ3n) is 2.89. The minimum atomic E-state index is -0.332. The van der Waals surface area contributed by atoms with Gasteiger partial charge < -0.3 is 4.42 Å². The zero-order chi connectivity index (χ0) is 13.4. The molecule has 0 saturated carbocycles. The third-order valence-corrected chi connectivity index (χ3v) is 3.12. The van der Waals surface area contributed by atoms with Crippen molar-refractivity contribution >= 4 is 28.9 Å². The summed E-state index contributed by atoms with van der Waals surface area (Å²) in [6.07, 6.45) is 0.736. The molecule has 0 radical (unpaired) electrons. The van der Waals surface area contributed by atoms with E-state index in [2.05, 4.69) is 0 Å². The molecule has 2 aromatic carbocycles. The zero-order valence-corrected chi connectivity index (χ0v) is 10.4. The van der Waals surface area contributed by atoms with Gasteiger partial charge in [0.1, 0.15) is 17.2 Å². The van der Waals surface area contributed by atoms with Gasteiger partial charge in [0.25, 0.3) is 0 Å². The number of rotatable bonds is 2. The van der Waals surface area contributed by atoms with Crippen LogP contribution < -0.4 is 0 Å². The molecule has 0 unspecified atom stereocenters. The molecule has 0 bridgehead atoms. The van der Waals surface area contributed by atoms with Gasteiger partial charge >= 0.3 is 0 Å². The highest BCUT2D eigenvalue weighted by atomic mass is 35.5. The number of carbonyl (C=O) groups excluding carboxylic acids is 1. The lowest BCUT2D eigenvalue weighted by molar-refractivity contribution is 0.112. The number of aldehydes is 1. The van der Waals surface area contributed by atoms with Crippen LogP contribution in [-0.2, 0) is 0 Å². The summed E-state index contributed by atoms with van der Waals surface area (Å²) in [7, 11) is 0. The molecule has 1 aromatic heterocycles. The van der Waals surface area contributed by atoms with Gasteiger partial charge in [-0.15, -0.1) is 0 Å². The Kier molecular flexibility index (Phi) is 2.84. The summed E-state index contributed by atoms with van der Waals surface area (Å²) >= 11 is 5.93. The quantitative estimate of drug-likeness (QED) is 0.634. The van der Waals surface area contributed by atoms with Crippen LogP contribution in [0.15, 0.2) is 46.9 Å². The number of benzene rings is 2. The van der Waals surface area contributed by atoms with Crippen LogP contribution in [0.4, 0.5) is 4.39 Å². The third kappa shape index (κ3) is 2.13. The Labute approximate surface area is 113 Å². The van der Waals surface area contributed by atoms with Gasteiger partial charge in [0.2, 0.25) is 0 Å². The van der Waals surface area contributed by atoms with E-state index in [0.717, 1.165) is 6.29 Å². The van der Waals surface area contributed by atoms with Gasteiger partial charge in [-0.25, -0.2) is 4.39 Å². The van der Waals surface area contributed by atoms with Crippen molar-refractivity contribution < 1.29 is 13.6 Å². The SMILES string of the molecule is O=Cc1ccc(Cl)cc1-c1cc2cc(F)ccc2o1. The van der Waals surface area contributed by atoms with Crippen molar-refractivity contribution in [3.8, 4) is 11.3 Å². The maximum atomic E-state index is 13.1. The fourth-order valence-electron chi connectivity index (χ4n) is 1.99. The van der Waals surface area contributed by atoms with Gasteiger partial charge in [-0.3, -0.25) is 4.79 Å². The van der Waals surface area contributed by atoms with Crippen molar-refractivity contribution in [1.29, 1.82) is 0 Å². The number of fused-ring (bicyclic) bond motifs is 1. The zero-order valence-electron chi connectivity index (χ0n) is 9.69. The average molecular weight is 275 g/mol. The summed E-state index contributed by atoms with van der Waals surface area (Å²) in [5, 5.41) is 1.15. The smallest absolute Gasteiger partial charge is 0.150 e. The van der Waals surface area contributed by atoms with Crippen LogP contribution in [0.3, 0.4) is 0 Å². The van der Waals surface area contributed by atoms with E-state index in [4.69, 9.17) is 16.0 Å². The lowest BCUT2D eigenvalue weighted by Gasteiger charge is -2.01. The Bertz CT molecular complexity index is 777. The van der Waals surface area contributed by atoms with Crippen LogP contribution in [0.5, 0.6) is 0 Å². The lowest BCUT2D eigenvalue weighted by atomic mass is 10.1. The van der Waals surface area contributed by atoms with Crippen LogP contribution in [0, 0.1) is 5.82 Å². The van der Waals surface area contributed by atoms with Gasteiger partial charge in [-0.1, -0.05) is 11.6 Å². The van der Waals surface area contributed by atoms with E-state index in [1.807, 2.05) is 0 Å². The molecule has 0 saturated heterocycles. The van der Waals surface area contributed by atoms with E-state index in [1.54, 1.807) is 30.3 Å². The van der Waals surface area contributed by atoms with E-state index in [-0.39, 0.29) is 5.82 Å². The van der Waals surface area contributed by atoms with E-state index in [0.29, 0.717) is 32.9 Å². The van der Waals surface area contributed by atoms with Crippen LogP contribution in [0.25, 0.3) is 22.3 Å². The minimum absolute atomic E-state index is 0.332. The Morgan fingerprint density at radius 3 is 2.74 bits per heavy atom. The second-order valence-corrected chi connectivity index (χ2v) is 4.58. The lowest BCUT2D eigenvalue weighted by Crippen LogP contribution is -1.85. The molecule has 0 aliphatic carbocycles. The van der Waals surface area contributed by atoms with Crippen LogP contribution in [0.1, 0.15) is 10.4 Å². The summed E-state index contributed by atoms with van der Waals surface area (Å²) in [5.74, 6) is 0.159. The van der Waals surface area contributed by atoms with E-state index in [1.165, 1.54) is 12.1 Å². The minimum Gasteiger partial charge on any atom is -0.456 e. The van der Waals surface area contributed by atoms with Gasteiger partial charge in [-0.2, -0.15) is 0 Å². The Morgan fingerprint density at radius 2 is 1.95 bits per heavy atom. The summed E-state index contributed by atoms with van der Waals surface area (Å²) in [5.41, 5.74) is 1.64. The van der Waals surface area contributed by atoms with Crippen molar-refractivity contribution in [1.82, 2.24) is 0 Å². The molecule has 0 fully saturated rings. The molecule has 0 N–H and O–H groups in total. The Morgan fingerprint density at radius 1 is 1.11 bits per heavy atom.